The fourth-order valence-electron chi connectivity index (χ4n) is 1.34. The summed E-state index contributed by atoms with van der Waals surface area (Å²) in [5.41, 5.74) is 0. The normalized spacial score (nSPS) is 13.9. The maximum atomic E-state index is 11.6. The van der Waals surface area contributed by atoms with Gasteiger partial charge in [0.1, 0.15) is 6.04 Å². The molecule has 1 atom stereocenters. The highest BCUT2D eigenvalue weighted by Gasteiger charge is 2.24. The lowest BCUT2D eigenvalue weighted by molar-refractivity contribution is -0.139. The molecule has 6 nitrogen and oxygen atoms in total. The van der Waals surface area contributed by atoms with Crippen LogP contribution in [0.4, 0.5) is 0 Å². The number of aliphatic carboxylic acids is 1. The number of sulfonamides is 1. The number of carbonyl (C=O) groups is 1. The molecule has 0 amide bonds. The lowest BCUT2D eigenvalue weighted by Gasteiger charge is -2.16. The summed E-state index contributed by atoms with van der Waals surface area (Å²) < 4.78 is 30.1. The van der Waals surface area contributed by atoms with Crippen molar-refractivity contribution in [2.45, 2.75) is 32.7 Å². The Labute approximate surface area is 102 Å². The van der Waals surface area contributed by atoms with Crippen LogP contribution in [0, 0.1) is 5.92 Å². The van der Waals surface area contributed by atoms with E-state index < -0.39 is 22.0 Å². The molecule has 0 heterocycles. The lowest BCUT2D eigenvalue weighted by atomic mass is 10.1. The van der Waals surface area contributed by atoms with Crippen LogP contribution in [0.2, 0.25) is 0 Å². The van der Waals surface area contributed by atoms with Crippen molar-refractivity contribution in [1.82, 2.24) is 4.72 Å². The standard InChI is InChI=1S/C10H21NO5S/c1-8(2)7-9(10(12)13)11-17(14,15)6-4-5-16-3/h8-9,11H,4-7H2,1-3H3,(H,12,13). The van der Waals surface area contributed by atoms with Crippen LogP contribution in [0.25, 0.3) is 0 Å². The third-order valence-corrected chi connectivity index (χ3v) is 3.56. The van der Waals surface area contributed by atoms with Crippen LogP contribution in [0.5, 0.6) is 0 Å². The minimum atomic E-state index is -3.55. The van der Waals surface area contributed by atoms with Gasteiger partial charge in [-0.25, -0.2) is 13.1 Å². The van der Waals surface area contributed by atoms with E-state index in [9.17, 15) is 13.2 Å². The Balaban J connectivity index is 4.37. The van der Waals surface area contributed by atoms with E-state index in [1.807, 2.05) is 13.8 Å². The zero-order chi connectivity index (χ0) is 13.5. The molecule has 0 aromatic carbocycles. The lowest BCUT2D eigenvalue weighted by Crippen LogP contribution is -2.42. The van der Waals surface area contributed by atoms with Gasteiger partial charge in [-0.2, -0.15) is 0 Å². The average molecular weight is 267 g/mol. The van der Waals surface area contributed by atoms with Crippen molar-refractivity contribution >= 4 is 16.0 Å². The van der Waals surface area contributed by atoms with Gasteiger partial charge in [-0.3, -0.25) is 4.79 Å². The summed E-state index contributed by atoms with van der Waals surface area (Å²) in [6.07, 6.45) is 0.624. The Morgan fingerprint density at radius 2 is 2.00 bits per heavy atom. The van der Waals surface area contributed by atoms with Gasteiger partial charge in [0.2, 0.25) is 10.0 Å². The number of carboxylic acid groups (broad SMARTS) is 1. The molecule has 102 valence electrons. The van der Waals surface area contributed by atoms with Crippen LogP contribution < -0.4 is 4.72 Å². The van der Waals surface area contributed by atoms with Gasteiger partial charge in [0.05, 0.1) is 5.75 Å². The summed E-state index contributed by atoms with van der Waals surface area (Å²) in [5, 5.41) is 8.91. The molecule has 0 aromatic rings. The van der Waals surface area contributed by atoms with E-state index in [0.29, 0.717) is 13.0 Å². The molecular formula is C10H21NO5S. The number of hydrogen-bond acceptors (Lipinski definition) is 4. The Kier molecular flexibility index (Phi) is 7.33. The van der Waals surface area contributed by atoms with Crippen molar-refractivity contribution in [2.24, 2.45) is 5.92 Å². The van der Waals surface area contributed by atoms with Gasteiger partial charge in [0.15, 0.2) is 0 Å². The number of rotatable bonds is 9. The van der Waals surface area contributed by atoms with Crippen molar-refractivity contribution in [2.75, 3.05) is 19.5 Å². The van der Waals surface area contributed by atoms with E-state index in [1.54, 1.807) is 0 Å². The van der Waals surface area contributed by atoms with E-state index in [2.05, 4.69) is 4.72 Å². The van der Waals surface area contributed by atoms with Crippen molar-refractivity contribution in [3.8, 4) is 0 Å². The summed E-state index contributed by atoms with van der Waals surface area (Å²) in [6.45, 7) is 4.02. The number of methoxy groups -OCH3 is 1. The predicted octanol–water partition coefficient (Wildman–Crippen LogP) is 0.442. The quantitative estimate of drug-likeness (QED) is 0.591. The minimum Gasteiger partial charge on any atom is -0.480 e. The molecule has 0 radical (unpaired) electrons. The van der Waals surface area contributed by atoms with Crippen LogP contribution >= 0.6 is 0 Å². The summed E-state index contributed by atoms with van der Waals surface area (Å²) >= 11 is 0. The highest BCUT2D eigenvalue weighted by molar-refractivity contribution is 7.89. The van der Waals surface area contributed by atoms with Gasteiger partial charge >= 0.3 is 5.97 Å². The molecule has 0 fully saturated rings. The van der Waals surface area contributed by atoms with Crippen LogP contribution in [-0.2, 0) is 19.6 Å². The molecule has 1 unspecified atom stereocenters. The molecule has 7 heteroatoms. The Hall–Kier alpha value is -0.660. The van der Waals surface area contributed by atoms with Crippen LogP contribution in [0.15, 0.2) is 0 Å². The number of ether oxygens (including phenoxy) is 1. The Bertz CT molecular complexity index is 326. The molecule has 0 saturated carbocycles. The first-order chi connectivity index (χ1) is 7.78. The van der Waals surface area contributed by atoms with E-state index >= 15 is 0 Å². The molecule has 0 aliphatic heterocycles. The minimum absolute atomic E-state index is 0.109. The maximum Gasteiger partial charge on any atom is 0.321 e. The van der Waals surface area contributed by atoms with Crippen LogP contribution in [0.1, 0.15) is 26.7 Å². The molecule has 0 aliphatic rings. The first-order valence-corrected chi connectivity index (χ1v) is 7.15. The number of carboxylic acids is 1. The van der Waals surface area contributed by atoms with Gasteiger partial charge in [0.25, 0.3) is 0 Å². The molecule has 0 aromatic heterocycles. The second kappa shape index (κ2) is 7.62. The first kappa shape index (κ1) is 16.3. The monoisotopic (exact) mass is 267 g/mol. The van der Waals surface area contributed by atoms with Crippen molar-refractivity contribution in [3.63, 3.8) is 0 Å². The van der Waals surface area contributed by atoms with E-state index in [-0.39, 0.29) is 18.1 Å². The summed E-state index contributed by atoms with van der Waals surface area (Å²) in [5.74, 6) is -1.16. The molecule has 0 spiro atoms. The van der Waals surface area contributed by atoms with Crippen LogP contribution in [0.3, 0.4) is 0 Å². The summed E-state index contributed by atoms with van der Waals surface area (Å²) in [7, 11) is -2.07. The van der Waals surface area contributed by atoms with E-state index in [4.69, 9.17) is 9.84 Å². The Morgan fingerprint density at radius 3 is 2.41 bits per heavy atom. The Morgan fingerprint density at radius 1 is 1.41 bits per heavy atom. The molecule has 0 bridgehead atoms. The van der Waals surface area contributed by atoms with Gasteiger partial charge in [-0.05, 0) is 18.8 Å². The summed E-state index contributed by atoms with van der Waals surface area (Å²) in [6, 6.07) is -1.05. The molecule has 0 saturated heterocycles. The SMILES string of the molecule is COCCCS(=O)(=O)NC(CC(C)C)C(=O)O. The first-order valence-electron chi connectivity index (χ1n) is 5.50. The second-order valence-electron chi connectivity index (χ2n) is 4.30. The molecule has 0 aliphatic carbocycles. The smallest absolute Gasteiger partial charge is 0.321 e. The van der Waals surface area contributed by atoms with Crippen molar-refractivity contribution < 1.29 is 23.1 Å². The van der Waals surface area contributed by atoms with Gasteiger partial charge in [-0.1, -0.05) is 13.8 Å². The van der Waals surface area contributed by atoms with Crippen molar-refractivity contribution in [3.05, 3.63) is 0 Å². The number of nitrogens with one attached hydrogen (secondary N) is 1. The third-order valence-electron chi connectivity index (χ3n) is 2.09. The zero-order valence-corrected chi connectivity index (χ0v) is 11.3. The second-order valence-corrected chi connectivity index (χ2v) is 6.18. The fourth-order valence-corrected chi connectivity index (χ4v) is 2.59. The highest BCUT2D eigenvalue weighted by Crippen LogP contribution is 2.06. The largest absolute Gasteiger partial charge is 0.480 e. The van der Waals surface area contributed by atoms with E-state index in [0.717, 1.165) is 0 Å². The topological polar surface area (TPSA) is 92.7 Å². The van der Waals surface area contributed by atoms with Gasteiger partial charge in [0, 0.05) is 13.7 Å². The molecule has 2 N–H and O–H groups in total. The van der Waals surface area contributed by atoms with Crippen LogP contribution in [-0.4, -0.2) is 45.0 Å². The molecule has 0 rings (SSSR count). The van der Waals surface area contributed by atoms with Gasteiger partial charge in [-0.15, -0.1) is 0 Å². The van der Waals surface area contributed by atoms with E-state index in [1.165, 1.54) is 7.11 Å². The fraction of sp³-hybridized carbons (Fsp3) is 0.900. The number of hydrogen-bond donors (Lipinski definition) is 2. The van der Waals surface area contributed by atoms with Gasteiger partial charge < -0.3 is 9.84 Å². The van der Waals surface area contributed by atoms with Crippen molar-refractivity contribution in [1.29, 1.82) is 0 Å². The summed E-state index contributed by atoms with van der Waals surface area (Å²) in [4.78, 5) is 10.9. The predicted molar refractivity (Wildman–Crippen MR) is 64.3 cm³/mol. The maximum absolute atomic E-state index is 11.6. The third kappa shape index (κ3) is 8.12. The average Bonchev–Trinajstić information content (AvgIpc) is 2.15. The molecule has 17 heavy (non-hydrogen) atoms. The molecular weight excluding hydrogens is 246 g/mol. The zero-order valence-electron chi connectivity index (χ0n) is 10.5. The highest BCUT2D eigenvalue weighted by atomic mass is 32.2.